The number of likely N-dealkylation sites (tertiary alicyclic amines) is 1. The number of rotatable bonds is 6. The van der Waals surface area contributed by atoms with Gasteiger partial charge < -0.3 is 10.0 Å². The molecule has 0 spiro atoms. The molecule has 1 heterocycles. The fourth-order valence-corrected chi connectivity index (χ4v) is 4.60. The van der Waals surface area contributed by atoms with Crippen LogP contribution in [0.2, 0.25) is 0 Å². The molecule has 0 saturated carbocycles. The molecule has 2 aromatic carbocycles. The number of nitrogens with zero attached hydrogens (tertiary/aromatic N) is 1. The number of hydrogen-bond donors (Lipinski definition) is 1. The maximum atomic E-state index is 9.96. The summed E-state index contributed by atoms with van der Waals surface area (Å²) in [6, 6.07) is 18.8. The number of phenolic OH excluding ortho intramolecular Hbond substituents is 1. The van der Waals surface area contributed by atoms with Gasteiger partial charge in [-0.15, -0.1) is 0 Å². The molecular formula is C23H31NO. The molecule has 0 aliphatic carbocycles. The largest absolute Gasteiger partial charge is 0.508 e. The van der Waals surface area contributed by atoms with Crippen LogP contribution < -0.4 is 0 Å². The summed E-state index contributed by atoms with van der Waals surface area (Å²) in [6.45, 7) is 8.10. The number of hydrogen-bond acceptors (Lipinski definition) is 2. The average molecular weight is 338 g/mol. The summed E-state index contributed by atoms with van der Waals surface area (Å²) in [5, 5.41) is 9.96. The second-order valence-corrected chi connectivity index (χ2v) is 7.64. The SMILES string of the molecule is CCCC1(c2cccc(O)c2)CCN(CCc2ccccc2)CC1C. The predicted molar refractivity (Wildman–Crippen MR) is 105 cm³/mol. The molecule has 0 aromatic heterocycles. The van der Waals surface area contributed by atoms with Gasteiger partial charge in [0.1, 0.15) is 5.75 Å². The molecule has 1 aliphatic rings. The Hall–Kier alpha value is -1.80. The van der Waals surface area contributed by atoms with Crippen molar-refractivity contribution in [3.05, 3.63) is 65.7 Å². The first-order valence-electron chi connectivity index (χ1n) is 9.70. The third kappa shape index (κ3) is 4.07. The second kappa shape index (κ2) is 8.05. The molecule has 1 fully saturated rings. The summed E-state index contributed by atoms with van der Waals surface area (Å²) < 4.78 is 0. The van der Waals surface area contributed by atoms with Crippen LogP contribution in [-0.2, 0) is 11.8 Å². The smallest absolute Gasteiger partial charge is 0.115 e. The van der Waals surface area contributed by atoms with Crippen molar-refractivity contribution in [2.75, 3.05) is 19.6 Å². The van der Waals surface area contributed by atoms with Crippen LogP contribution in [0.15, 0.2) is 54.6 Å². The molecule has 2 aromatic rings. The van der Waals surface area contributed by atoms with Crippen molar-refractivity contribution in [3.63, 3.8) is 0 Å². The lowest BCUT2D eigenvalue weighted by Crippen LogP contribution is -2.49. The lowest BCUT2D eigenvalue weighted by Gasteiger charge is -2.47. The van der Waals surface area contributed by atoms with Gasteiger partial charge >= 0.3 is 0 Å². The van der Waals surface area contributed by atoms with Gasteiger partial charge in [0.15, 0.2) is 0 Å². The fraction of sp³-hybridized carbons (Fsp3) is 0.478. The van der Waals surface area contributed by atoms with Crippen LogP contribution in [0.25, 0.3) is 0 Å². The van der Waals surface area contributed by atoms with Gasteiger partial charge in [0.05, 0.1) is 0 Å². The number of aromatic hydroxyl groups is 1. The first-order chi connectivity index (χ1) is 12.1. The topological polar surface area (TPSA) is 23.5 Å². The van der Waals surface area contributed by atoms with E-state index in [2.05, 4.69) is 55.1 Å². The minimum absolute atomic E-state index is 0.205. The lowest BCUT2D eigenvalue weighted by molar-refractivity contribution is 0.0936. The maximum Gasteiger partial charge on any atom is 0.115 e. The molecule has 2 unspecified atom stereocenters. The Morgan fingerprint density at radius 2 is 1.92 bits per heavy atom. The van der Waals surface area contributed by atoms with Crippen LogP contribution >= 0.6 is 0 Å². The first-order valence-corrected chi connectivity index (χ1v) is 9.70. The number of piperidine rings is 1. The zero-order valence-electron chi connectivity index (χ0n) is 15.6. The van der Waals surface area contributed by atoms with Gasteiger partial charge in [-0.3, -0.25) is 0 Å². The highest BCUT2D eigenvalue weighted by molar-refractivity contribution is 5.34. The third-order valence-corrected chi connectivity index (χ3v) is 6.03. The molecule has 1 N–H and O–H groups in total. The molecule has 0 bridgehead atoms. The van der Waals surface area contributed by atoms with Crippen LogP contribution in [0.5, 0.6) is 5.75 Å². The summed E-state index contributed by atoms with van der Waals surface area (Å²) >= 11 is 0. The van der Waals surface area contributed by atoms with E-state index in [0.717, 1.165) is 26.1 Å². The van der Waals surface area contributed by atoms with Crippen molar-refractivity contribution in [3.8, 4) is 5.75 Å². The molecule has 1 saturated heterocycles. The van der Waals surface area contributed by atoms with Crippen LogP contribution in [0.4, 0.5) is 0 Å². The predicted octanol–water partition coefficient (Wildman–Crippen LogP) is 5.01. The van der Waals surface area contributed by atoms with E-state index >= 15 is 0 Å². The van der Waals surface area contributed by atoms with Crippen LogP contribution in [0.3, 0.4) is 0 Å². The van der Waals surface area contributed by atoms with E-state index in [1.165, 1.54) is 30.4 Å². The van der Waals surface area contributed by atoms with Crippen LogP contribution in [0, 0.1) is 5.92 Å². The van der Waals surface area contributed by atoms with Gasteiger partial charge in [0, 0.05) is 18.5 Å². The Morgan fingerprint density at radius 3 is 2.60 bits per heavy atom. The Morgan fingerprint density at radius 1 is 1.12 bits per heavy atom. The van der Waals surface area contributed by atoms with E-state index in [1.54, 1.807) is 6.07 Å². The molecule has 0 radical (unpaired) electrons. The zero-order valence-corrected chi connectivity index (χ0v) is 15.6. The highest BCUT2D eigenvalue weighted by Crippen LogP contribution is 2.44. The molecule has 0 amide bonds. The zero-order chi connectivity index (χ0) is 17.7. The van der Waals surface area contributed by atoms with Crippen molar-refractivity contribution in [1.82, 2.24) is 4.90 Å². The van der Waals surface area contributed by atoms with E-state index in [-0.39, 0.29) is 5.41 Å². The van der Waals surface area contributed by atoms with E-state index < -0.39 is 0 Å². The summed E-state index contributed by atoms with van der Waals surface area (Å²) in [7, 11) is 0. The summed E-state index contributed by atoms with van der Waals surface area (Å²) in [5.41, 5.74) is 2.95. The highest BCUT2D eigenvalue weighted by atomic mass is 16.3. The molecule has 134 valence electrons. The molecule has 3 rings (SSSR count). The molecule has 1 aliphatic heterocycles. The average Bonchev–Trinajstić information content (AvgIpc) is 2.63. The Kier molecular flexibility index (Phi) is 5.80. The van der Waals surface area contributed by atoms with Crippen molar-refractivity contribution >= 4 is 0 Å². The van der Waals surface area contributed by atoms with Crippen LogP contribution in [0.1, 0.15) is 44.2 Å². The molecule has 25 heavy (non-hydrogen) atoms. The molecule has 2 heteroatoms. The molecule has 2 atom stereocenters. The Labute approximate surface area is 152 Å². The van der Waals surface area contributed by atoms with E-state index in [0.29, 0.717) is 11.7 Å². The van der Waals surface area contributed by atoms with Gasteiger partial charge in [0.25, 0.3) is 0 Å². The first kappa shape index (κ1) is 18.0. The van der Waals surface area contributed by atoms with E-state index in [4.69, 9.17) is 0 Å². The standard InChI is InChI=1S/C23H31NO/c1-3-13-23(21-10-7-11-22(25)17-21)14-16-24(18-19(23)2)15-12-20-8-5-4-6-9-20/h4-11,17,19,25H,3,12-16,18H2,1-2H3. The van der Waals surface area contributed by atoms with Crippen molar-refractivity contribution in [1.29, 1.82) is 0 Å². The normalized spacial score (nSPS) is 24.3. The van der Waals surface area contributed by atoms with Gasteiger partial charge in [-0.25, -0.2) is 0 Å². The van der Waals surface area contributed by atoms with Gasteiger partial charge in [-0.05, 0) is 55.0 Å². The van der Waals surface area contributed by atoms with E-state index in [9.17, 15) is 5.11 Å². The van der Waals surface area contributed by atoms with Crippen LogP contribution in [-0.4, -0.2) is 29.6 Å². The lowest BCUT2D eigenvalue weighted by atomic mass is 9.64. The monoisotopic (exact) mass is 337 g/mol. The van der Waals surface area contributed by atoms with Crippen molar-refractivity contribution in [2.45, 2.75) is 44.9 Å². The fourth-order valence-electron chi connectivity index (χ4n) is 4.60. The third-order valence-electron chi connectivity index (χ3n) is 6.03. The van der Waals surface area contributed by atoms with Gasteiger partial charge in [-0.2, -0.15) is 0 Å². The van der Waals surface area contributed by atoms with Gasteiger partial charge in [0.2, 0.25) is 0 Å². The Balaban J connectivity index is 1.69. The van der Waals surface area contributed by atoms with Crippen molar-refractivity contribution < 1.29 is 5.11 Å². The second-order valence-electron chi connectivity index (χ2n) is 7.64. The minimum atomic E-state index is 0.205. The summed E-state index contributed by atoms with van der Waals surface area (Å²) in [6.07, 6.45) is 4.69. The number of benzene rings is 2. The highest BCUT2D eigenvalue weighted by Gasteiger charge is 2.41. The Bertz CT molecular complexity index is 669. The van der Waals surface area contributed by atoms with Gasteiger partial charge in [-0.1, -0.05) is 62.7 Å². The maximum absolute atomic E-state index is 9.96. The minimum Gasteiger partial charge on any atom is -0.508 e. The van der Waals surface area contributed by atoms with E-state index in [1.807, 2.05) is 12.1 Å². The summed E-state index contributed by atoms with van der Waals surface area (Å²) in [5.74, 6) is 0.991. The van der Waals surface area contributed by atoms with Crippen molar-refractivity contribution in [2.24, 2.45) is 5.92 Å². The number of phenols is 1. The quantitative estimate of drug-likeness (QED) is 0.800. The molecular weight excluding hydrogens is 306 g/mol. The summed E-state index contributed by atoms with van der Waals surface area (Å²) in [4.78, 5) is 2.62. The molecule has 2 nitrogen and oxygen atoms in total.